The van der Waals surface area contributed by atoms with E-state index in [1.165, 1.54) is 148 Å². The molecule has 9 nitrogen and oxygen atoms in total. The van der Waals surface area contributed by atoms with Gasteiger partial charge in [0.05, 0.1) is 34.4 Å². The van der Waals surface area contributed by atoms with E-state index in [-0.39, 0.29) is 32.2 Å². The van der Waals surface area contributed by atoms with Gasteiger partial charge in [0.15, 0.2) is 6.10 Å². The zero-order valence-corrected chi connectivity index (χ0v) is 43.2. The Labute approximate surface area is 400 Å². The second-order valence-electron chi connectivity index (χ2n) is 19.5. The molecule has 0 rings (SSSR count). The lowest BCUT2D eigenvalue weighted by atomic mass is 10.0. The van der Waals surface area contributed by atoms with Crippen LogP contribution in [0.2, 0.25) is 0 Å². The van der Waals surface area contributed by atoms with Crippen molar-refractivity contribution in [1.82, 2.24) is 0 Å². The van der Waals surface area contributed by atoms with Crippen LogP contribution < -0.4 is 0 Å². The third-order valence-electron chi connectivity index (χ3n) is 11.9. The van der Waals surface area contributed by atoms with Crippen LogP contribution in [0.4, 0.5) is 0 Å². The van der Waals surface area contributed by atoms with Gasteiger partial charge in [-0.1, -0.05) is 204 Å². The fraction of sp³-hybridized carbons (Fsp3) is 0.839. The van der Waals surface area contributed by atoms with Gasteiger partial charge >= 0.3 is 17.9 Å². The summed E-state index contributed by atoms with van der Waals surface area (Å²) in [7, 11) is 5.96. The Kier molecular flexibility index (Phi) is 46.1. The first-order valence-corrected chi connectivity index (χ1v) is 27.2. The van der Waals surface area contributed by atoms with Crippen molar-refractivity contribution in [2.45, 2.75) is 257 Å². The minimum Gasteiger partial charge on any atom is -0.477 e. The summed E-state index contributed by atoms with van der Waals surface area (Å²) in [6, 6.07) is 0. The maximum Gasteiger partial charge on any atom is 0.361 e. The molecular formula is C56H104NO8+. The highest BCUT2D eigenvalue weighted by Gasteiger charge is 2.25. The summed E-state index contributed by atoms with van der Waals surface area (Å²) in [6.07, 6.45) is 53.7. The van der Waals surface area contributed by atoms with E-state index < -0.39 is 24.3 Å². The molecule has 1 N–H and O–H groups in total. The number of aliphatic carboxylic acids is 1. The van der Waals surface area contributed by atoms with Crippen molar-refractivity contribution in [2.24, 2.45) is 0 Å². The number of hydrogen-bond donors (Lipinski definition) is 1. The van der Waals surface area contributed by atoms with Crippen molar-refractivity contribution < 1.29 is 42.9 Å². The molecule has 0 heterocycles. The maximum absolute atomic E-state index is 12.8. The molecule has 0 aliphatic carbocycles. The van der Waals surface area contributed by atoms with Crippen LogP contribution in [0.3, 0.4) is 0 Å². The summed E-state index contributed by atoms with van der Waals surface area (Å²) in [5.74, 6) is -2.01. The number of rotatable bonds is 50. The van der Waals surface area contributed by atoms with Gasteiger partial charge in [0.1, 0.15) is 13.2 Å². The first-order chi connectivity index (χ1) is 31.6. The van der Waals surface area contributed by atoms with Gasteiger partial charge in [-0.3, -0.25) is 9.59 Å². The van der Waals surface area contributed by atoms with Gasteiger partial charge in [0.2, 0.25) is 0 Å². The number of allylic oxidation sites excluding steroid dienone is 6. The van der Waals surface area contributed by atoms with Gasteiger partial charge in [-0.15, -0.1) is 0 Å². The van der Waals surface area contributed by atoms with E-state index in [1.54, 1.807) is 0 Å². The highest BCUT2D eigenvalue weighted by atomic mass is 16.7. The number of carboxylic acids is 1. The fourth-order valence-corrected chi connectivity index (χ4v) is 7.61. The number of esters is 2. The van der Waals surface area contributed by atoms with E-state index in [9.17, 15) is 19.5 Å². The Morgan fingerprint density at radius 1 is 0.462 bits per heavy atom. The predicted octanol–water partition coefficient (Wildman–Crippen LogP) is 15.3. The van der Waals surface area contributed by atoms with Crippen LogP contribution in [0.1, 0.15) is 245 Å². The van der Waals surface area contributed by atoms with Gasteiger partial charge in [0, 0.05) is 12.8 Å². The predicted molar refractivity (Wildman–Crippen MR) is 272 cm³/mol. The molecule has 0 amide bonds. The van der Waals surface area contributed by atoms with Crippen molar-refractivity contribution in [2.75, 3.05) is 47.5 Å². The Morgan fingerprint density at radius 3 is 1.28 bits per heavy atom. The summed E-state index contributed by atoms with van der Waals surface area (Å²) < 4.78 is 22.8. The Balaban J connectivity index is 4.12. The van der Waals surface area contributed by atoms with Crippen LogP contribution in [0, 0.1) is 0 Å². The largest absolute Gasteiger partial charge is 0.477 e. The number of carbonyl (C=O) groups excluding carboxylic acids is 2. The average Bonchev–Trinajstić information content (AvgIpc) is 3.27. The first-order valence-electron chi connectivity index (χ1n) is 27.2. The number of carbonyl (C=O) groups is 3. The summed E-state index contributed by atoms with van der Waals surface area (Å²) in [5.41, 5.74) is 0. The lowest BCUT2D eigenvalue weighted by Crippen LogP contribution is -2.40. The van der Waals surface area contributed by atoms with E-state index in [2.05, 4.69) is 50.3 Å². The molecule has 380 valence electrons. The summed E-state index contributed by atoms with van der Waals surface area (Å²) >= 11 is 0. The second-order valence-corrected chi connectivity index (χ2v) is 19.5. The number of hydrogen-bond acceptors (Lipinski definition) is 7. The molecule has 65 heavy (non-hydrogen) atoms. The van der Waals surface area contributed by atoms with E-state index in [4.69, 9.17) is 18.9 Å². The van der Waals surface area contributed by atoms with Crippen LogP contribution in [0.25, 0.3) is 0 Å². The topological polar surface area (TPSA) is 108 Å². The third kappa shape index (κ3) is 49.2. The van der Waals surface area contributed by atoms with Crippen molar-refractivity contribution in [3.05, 3.63) is 36.5 Å². The first kappa shape index (κ1) is 62.5. The number of carboxylic acid groups (broad SMARTS) is 1. The SMILES string of the molecule is CCCC/C=C\CCCCCCCC(=O)OCC(COC(OCC[N+](C)(C)C)C(=O)O)OC(=O)CCCCCCCCCCCCCCCCCCC/C=C\C/C=C\CCCCCCC. The third-order valence-corrected chi connectivity index (χ3v) is 11.9. The Morgan fingerprint density at radius 2 is 0.846 bits per heavy atom. The summed E-state index contributed by atoms with van der Waals surface area (Å²) in [6.45, 7) is 4.83. The number of likely N-dealkylation sites (N-methyl/N-ethyl adjacent to an activating group) is 1. The van der Waals surface area contributed by atoms with Crippen molar-refractivity contribution >= 4 is 17.9 Å². The van der Waals surface area contributed by atoms with Gasteiger partial charge in [-0.25, -0.2) is 4.79 Å². The maximum atomic E-state index is 12.8. The smallest absolute Gasteiger partial charge is 0.361 e. The van der Waals surface area contributed by atoms with Gasteiger partial charge in [-0.2, -0.15) is 0 Å². The van der Waals surface area contributed by atoms with Crippen LogP contribution in [0.15, 0.2) is 36.5 Å². The number of nitrogens with zero attached hydrogens (tertiary/aromatic N) is 1. The molecule has 0 spiro atoms. The Hall–Kier alpha value is -2.49. The second kappa shape index (κ2) is 48.0. The molecule has 0 aliphatic heterocycles. The molecule has 0 saturated carbocycles. The summed E-state index contributed by atoms with van der Waals surface area (Å²) in [5, 5.41) is 9.66. The fourth-order valence-electron chi connectivity index (χ4n) is 7.61. The van der Waals surface area contributed by atoms with Crippen molar-refractivity contribution in [3.63, 3.8) is 0 Å². The van der Waals surface area contributed by atoms with Crippen molar-refractivity contribution in [1.29, 1.82) is 0 Å². The lowest BCUT2D eigenvalue weighted by molar-refractivity contribution is -0.870. The normalized spacial score (nSPS) is 13.1. The quantitative estimate of drug-likeness (QED) is 0.0211. The van der Waals surface area contributed by atoms with Crippen molar-refractivity contribution in [3.8, 4) is 0 Å². The average molecular weight is 919 g/mol. The lowest BCUT2D eigenvalue weighted by Gasteiger charge is -2.25. The molecule has 0 radical (unpaired) electrons. The number of quaternary nitrogens is 1. The molecule has 0 aromatic heterocycles. The zero-order chi connectivity index (χ0) is 47.7. The Bertz CT molecular complexity index is 1160. The minimum absolute atomic E-state index is 0.184. The van der Waals surface area contributed by atoms with Gasteiger partial charge in [0.25, 0.3) is 6.29 Å². The van der Waals surface area contributed by atoms with E-state index >= 15 is 0 Å². The standard InChI is InChI=1S/C56H103NO8/c1-6-8-10-12-14-16-18-19-20-21-22-23-24-25-26-27-28-29-30-31-32-33-34-35-37-39-41-43-45-47-54(59)65-52(51-64-56(55(60)61)62-49-48-57(3,4)5)50-63-53(58)46-44-42-40-38-36-17-15-13-11-9-7-2/h13,15,18-19,21-22,52,56H,6-12,14,16-17,20,23-51H2,1-5H3/p+1/b15-13-,19-18-,22-21-. The summed E-state index contributed by atoms with van der Waals surface area (Å²) in [4.78, 5) is 37.2. The highest BCUT2D eigenvalue weighted by Crippen LogP contribution is 2.16. The minimum atomic E-state index is -1.51. The van der Waals surface area contributed by atoms with Gasteiger partial charge < -0.3 is 28.5 Å². The van der Waals surface area contributed by atoms with Crippen LogP contribution in [0.5, 0.6) is 0 Å². The molecule has 0 fully saturated rings. The highest BCUT2D eigenvalue weighted by molar-refractivity contribution is 5.71. The molecule has 0 aromatic rings. The van der Waals surface area contributed by atoms with Crippen LogP contribution in [-0.4, -0.2) is 87.4 Å². The van der Waals surface area contributed by atoms with Crippen LogP contribution >= 0.6 is 0 Å². The zero-order valence-electron chi connectivity index (χ0n) is 43.2. The molecule has 0 bridgehead atoms. The number of unbranched alkanes of at least 4 members (excludes halogenated alkanes) is 29. The molecule has 0 aliphatic rings. The molecule has 0 saturated heterocycles. The molecular weight excluding hydrogens is 815 g/mol. The molecule has 9 heteroatoms. The monoisotopic (exact) mass is 919 g/mol. The molecule has 2 atom stereocenters. The van der Waals surface area contributed by atoms with E-state index in [0.717, 1.165) is 70.6 Å². The van der Waals surface area contributed by atoms with E-state index in [0.29, 0.717) is 17.4 Å². The van der Waals surface area contributed by atoms with Crippen LogP contribution in [-0.2, 0) is 33.3 Å². The number of ether oxygens (including phenoxy) is 4. The molecule has 0 aromatic carbocycles. The molecule has 2 unspecified atom stereocenters. The van der Waals surface area contributed by atoms with E-state index in [1.807, 2.05) is 21.1 Å². The van der Waals surface area contributed by atoms with Gasteiger partial charge in [-0.05, 0) is 64.2 Å².